The second-order valence-corrected chi connectivity index (χ2v) is 11.0. The molecule has 2 heterocycles. The number of halogens is 1. The Balaban J connectivity index is 1.43. The van der Waals surface area contributed by atoms with Crippen LogP contribution in [0.1, 0.15) is 54.6 Å². The normalized spacial score (nSPS) is 21.4. The van der Waals surface area contributed by atoms with Crippen LogP contribution in [0.4, 0.5) is 0 Å². The van der Waals surface area contributed by atoms with Crippen LogP contribution >= 0.6 is 11.6 Å². The number of sulfonamides is 1. The maximum Gasteiger partial charge on any atom is 0.251 e. The third kappa shape index (κ3) is 5.01. The fourth-order valence-electron chi connectivity index (χ4n) is 4.55. The number of carbonyl (C=O) groups is 1. The van der Waals surface area contributed by atoms with Crippen molar-refractivity contribution >= 4 is 27.5 Å². The van der Waals surface area contributed by atoms with Crippen molar-refractivity contribution in [2.75, 3.05) is 26.2 Å². The van der Waals surface area contributed by atoms with E-state index < -0.39 is 10.0 Å². The Hall–Kier alpha value is -1.93. The highest BCUT2D eigenvalue weighted by Gasteiger charge is 2.30. The third-order valence-corrected chi connectivity index (χ3v) is 8.89. The first-order chi connectivity index (χ1) is 15.4. The molecule has 32 heavy (non-hydrogen) atoms. The van der Waals surface area contributed by atoms with Gasteiger partial charge in [0.15, 0.2) is 0 Å². The minimum Gasteiger partial charge on any atom is -0.348 e. The van der Waals surface area contributed by atoms with Crippen LogP contribution in [0.2, 0.25) is 5.02 Å². The van der Waals surface area contributed by atoms with Gasteiger partial charge >= 0.3 is 0 Å². The lowest BCUT2D eigenvalue weighted by Crippen LogP contribution is -2.38. The molecule has 2 aliphatic rings. The zero-order valence-corrected chi connectivity index (χ0v) is 19.9. The first-order valence-electron chi connectivity index (χ1n) is 11.3. The van der Waals surface area contributed by atoms with Gasteiger partial charge in [0.25, 0.3) is 5.91 Å². The van der Waals surface area contributed by atoms with Crippen molar-refractivity contribution < 1.29 is 13.2 Å². The SMILES string of the molecule is CC(c1ccccc1)N1CCC(NC(=O)c2ccc(Cl)c(S(=O)(=O)N3CCCCC3)c2)C1. The molecule has 0 spiro atoms. The van der Waals surface area contributed by atoms with Gasteiger partial charge in [-0.3, -0.25) is 9.69 Å². The summed E-state index contributed by atoms with van der Waals surface area (Å²) in [5.74, 6) is -0.268. The molecule has 2 unspecified atom stereocenters. The van der Waals surface area contributed by atoms with E-state index in [-0.39, 0.29) is 27.9 Å². The number of carbonyl (C=O) groups excluding carboxylic acids is 1. The van der Waals surface area contributed by atoms with Crippen molar-refractivity contribution in [2.45, 2.75) is 49.6 Å². The van der Waals surface area contributed by atoms with Crippen molar-refractivity contribution in [3.63, 3.8) is 0 Å². The van der Waals surface area contributed by atoms with Gasteiger partial charge in [-0.2, -0.15) is 4.31 Å². The number of nitrogens with one attached hydrogen (secondary N) is 1. The molecule has 2 atom stereocenters. The maximum absolute atomic E-state index is 13.1. The van der Waals surface area contributed by atoms with Crippen LogP contribution < -0.4 is 5.32 Å². The Morgan fingerprint density at radius 2 is 1.78 bits per heavy atom. The largest absolute Gasteiger partial charge is 0.348 e. The average molecular weight is 476 g/mol. The standard InChI is InChI=1S/C24H30ClN3O3S/c1-18(19-8-4-2-5-9-19)27-15-12-21(17-27)26-24(29)20-10-11-22(25)23(16-20)32(30,31)28-13-6-3-7-14-28/h2,4-5,8-11,16,18,21H,3,6-7,12-15,17H2,1H3,(H,26,29). The van der Waals surface area contributed by atoms with E-state index in [1.165, 1.54) is 22.0 Å². The minimum atomic E-state index is -3.71. The van der Waals surface area contributed by atoms with Crippen LogP contribution in [0.5, 0.6) is 0 Å². The summed E-state index contributed by atoms with van der Waals surface area (Å²) in [5.41, 5.74) is 1.57. The van der Waals surface area contributed by atoms with Gasteiger partial charge in [-0.05, 0) is 49.9 Å². The predicted octanol–water partition coefficient (Wildman–Crippen LogP) is 4.08. The molecule has 8 heteroatoms. The number of amides is 1. The molecule has 0 bridgehead atoms. The lowest BCUT2D eigenvalue weighted by Gasteiger charge is -2.26. The third-order valence-electron chi connectivity index (χ3n) is 6.51. The summed E-state index contributed by atoms with van der Waals surface area (Å²) in [6, 6.07) is 15.1. The lowest BCUT2D eigenvalue weighted by atomic mass is 10.1. The van der Waals surface area contributed by atoms with Gasteiger partial charge in [0.1, 0.15) is 4.90 Å². The van der Waals surface area contributed by atoms with E-state index in [1.54, 1.807) is 6.07 Å². The topological polar surface area (TPSA) is 69.7 Å². The smallest absolute Gasteiger partial charge is 0.251 e. The molecule has 172 valence electrons. The molecular weight excluding hydrogens is 446 g/mol. The fraction of sp³-hybridized carbons (Fsp3) is 0.458. The van der Waals surface area contributed by atoms with Crippen LogP contribution in [-0.2, 0) is 10.0 Å². The summed E-state index contributed by atoms with van der Waals surface area (Å²) in [4.78, 5) is 15.3. The van der Waals surface area contributed by atoms with Crippen molar-refractivity contribution in [2.24, 2.45) is 0 Å². The number of benzene rings is 2. The molecule has 1 N–H and O–H groups in total. The molecule has 2 aromatic carbocycles. The second-order valence-electron chi connectivity index (χ2n) is 8.65. The molecule has 0 aliphatic carbocycles. The van der Waals surface area contributed by atoms with Crippen LogP contribution in [0.15, 0.2) is 53.4 Å². The molecule has 1 amide bonds. The van der Waals surface area contributed by atoms with Crippen molar-refractivity contribution in [1.29, 1.82) is 0 Å². The van der Waals surface area contributed by atoms with Gasteiger partial charge in [0.05, 0.1) is 5.02 Å². The summed E-state index contributed by atoms with van der Waals surface area (Å²) >= 11 is 6.24. The van der Waals surface area contributed by atoms with Crippen molar-refractivity contribution in [1.82, 2.24) is 14.5 Å². The Morgan fingerprint density at radius 1 is 1.06 bits per heavy atom. The first kappa shape index (κ1) is 23.2. The first-order valence-corrected chi connectivity index (χ1v) is 13.1. The number of rotatable bonds is 6. The van der Waals surface area contributed by atoms with Crippen LogP contribution in [0.3, 0.4) is 0 Å². The van der Waals surface area contributed by atoms with E-state index in [1.807, 2.05) is 18.2 Å². The van der Waals surface area contributed by atoms with E-state index in [0.717, 1.165) is 38.8 Å². The predicted molar refractivity (Wildman–Crippen MR) is 126 cm³/mol. The summed E-state index contributed by atoms with van der Waals surface area (Å²) in [6.07, 6.45) is 3.58. The van der Waals surface area contributed by atoms with Gasteiger partial charge in [-0.25, -0.2) is 8.42 Å². The molecule has 2 aromatic rings. The lowest BCUT2D eigenvalue weighted by molar-refractivity contribution is 0.0936. The Morgan fingerprint density at radius 3 is 2.50 bits per heavy atom. The molecule has 2 fully saturated rings. The van der Waals surface area contributed by atoms with E-state index >= 15 is 0 Å². The van der Waals surface area contributed by atoms with E-state index in [0.29, 0.717) is 18.7 Å². The molecule has 2 aliphatic heterocycles. The zero-order chi connectivity index (χ0) is 22.7. The quantitative estimate of drug-likeness (QED) is 0.683. The molecular formula is C24H30ClN3O3S. The van der Waals surface area contributed by atoms with Crippen molar-refractivity contribution in [3.8, 4) is 0 Å². The molecule has 0 saturated carbocycles. The second kappa shape index (κ2) is 9.91. The highest BCUT2D eigenvalue weighted by Crippen LogP contribution is 2.28. The number of hydrogen-bond donors (Lipinski definition) is 1. The summed E-state index contributed by atoms with van der Waals surface area (Å²) in [7, 11) is -3.71. The van der Waals surface area contributed by atoms with Crippen LogP contribution in [0, 0.1) is 0 Å². The minimum absolute atomic E-state index is 0.0134. The molecule has 0 radical (unpaired) electrons. The van der Waals surface area contributed by atoms with Gasteiger partial charge in [-0.15, -0.1) is 0 Å². The summed E-state index contributed by atoms with van der Waals surface area (Å²) in [6.45, 7) is 4.82. The molecule has 0 aromatic heterocycles. The summed E-state index contributed by atoms with van der Waals surface area (Å²) in [5, 5.41) is 3.23. The van der Waals surface area contributed by atoms with Crippen LogP contribution in [-0.4, -0.2) is 55.8 Å². The average Bonchev–Trinajstić information content (AvgIpc) is 3.28. The number of hydrogen-bond acceptors (Lipinski definition) is 4. The number of nitrogens with zero attached hydrogens (tertiary/aromatic N) is 2. The highest BCUT2D eigenvalue weighted by molar-refractivity contribution is 7.89. The molecule has 4 rings (SSSR count). The fourth-order valence-corrected chi connectivity index (χ4v) is 6.57. The number of piperidine rings is 1. The van der Waals surface area contributed by atoms with E-state index in [4.69, 9.17) is 11.6 Å². The highest BCUT2D eigenvalue weighted by atomic mass is 35.5. The van der Waals surface area contributed by atoms with E-state index in [9.17, 15) is 13.2 Å². The van der Waals surface area contributed by atoms with E-state index in [2.05, 4.69) is 29.3 Å². The Kier molecular flexibility index (Phi) is 7.20. The molecule has 2 saturated heterocycles. The monoisotopic (exact) mass is 475 g/mol. The Labute approximate surface area is 195 Å². The van der Waals surface area contributed by atoms with Gasteiger partial charge < -0.3 is 5.32 Å². The number of likely N-dealkylation sites (tertiary alicyclic amines) is 1. The van der Waals surface area contributed by atoms with Crippen molar-refractivity contribution in [3.05, 3.63) is 64.7 Å². The Bertz CT molecular complexity index is 1060. The zero-order valence-electron chi connectivity index (χ0n) is 18.3. The summed E-state index contributed by atoms with van der Waals surface area (Å²) < 4.78 is 27.6. The van der Waals surface area contributed by atoms with Gasteiger partial charge in [0, 0.05) is 43.8 Å². The van der Waals surface area contributed by atoms with Crippen LogP contribution in [0.25, 0.3) is 0 Å². The molecule has 6 nitrogen and oxygen atoms in total. The van der Waals surface area contributed by atoms with Gasteiger partial charge in [0.2, 0.25) is 10.0 Å². The van der Waals surface area contributed by atoms with Gasteiger partial charge in [-0.1, -0.05) is 48.4 Å². The maximum atomic E-state index is 13.1.